The number of benzene rings is 1. The lowest BCUT2D eigenvalue weighted by atomic mass is 9.75. The van der Waals surface area contributed by atoms with Crippen LogP contribution in [0.15, 0.2) is 22.7 Å². The minimum atomic E-state index is 0.209. The molecule has 0 aromatic heterocycles. The van der Waals surface area contributed by atoms with Gasteiger partial charge in [0.15, 0.2) is 0 Å². The fraction of sp³-hybridized carbons (Fsp3) is 0.600. The highest BCUT2D eigenvalue weighted by Crippen LogP contribution is 2.40. The summed E-state index contributed by atoms with van der Waals surface area (Å²) in [6.45, 7) is 2.29. The van der Waals surface area contributed by atoms with Crippen LogP contribution in [0.5, 0.6) is 0 Å². The molecule has 106 valence electrons. The molecule has 4 heteroatoms. The van der Waals surface area contributed by atoms with Gasteiger partial charge in [0.2, 0.25) is 0 Å². The molecule has 1 aliphatic rings. The number of hydrogen-bond acceptors (Lipinski definition) is 2. The van der Waals surface area contributed by atoms with E-state index in [1.54, 1.807) is 0 Å². The van der Waals surface area contributed by atoms with Crippen LogP contribution in [0, 0.1) is 11.8 Å². The summed E-state index contributed by atoms with van der Waals surface area (Å²) in [6, 6.07) is 6.17. The number of hydrogen-bond donors (Lipinski definition) is 2. The summed E-state index contributed by atoms with van der Waals surface area (Å²) in [4.78, 5) is 0. The van der Waals surface area contributed by atoms with Crippen molar-refractivity contribution < 1.29 is 0 Å². The van der Waals surface area contributed by atoms with Crippen LogP contribution in [0.1, 0.15) is 50.6 Å². The Hall–Kier alpha value is -0.0900. The van der Waals surface area contributed by atoms with Crippen molar-refractivity contribution >= 4 is 27.5 Å². The maximum absolute atomic E-state index is 6.01. The molecule has 2 nitrogen and oxygen atoms in total. The van der Waals surface area contributed by atoms with Gasteiger partial charge in [0, 0.05) is 15.5 Å². The van der Waals surface area contributed by atoms with Gasteiger partial charge in [0.1, 0.15) is 0 Å². The fourth-order valence-electron chi connectivity index (χ4n) is 3.24. The van der Waals surface area contributed by atoms with Crippen molar-refractivity contribution in [3.05, 3.63) is 33.3 Å². The van der Waals surface area contributed by atoms with Crippen LogP contribution in [0.25, 0.3) is 0 Å². The van der Waals surface area contributed by atoms with Crippen molar-refractivity contribution in [1.29, 1.82) is 0 Å². The van der Waals surface area contributed by atoms with Gasteiger partial charge in [-0.15, -0.1) is 0 Å². The largest absolute Gasteiger partial charge is 0.271 e. The summed E-state index contributed by atoms with van der Waals surface area (Å²) in [6.07, 6.45) is 6.47. The Morgan fingerprint density at radius 3 is 2.89 bits per heavy atom. The van der Waals surface area contributed by atoms with Crippen LogP contribution in [0.2, 0.25) is 5.02 Å². The van der Waals surface area contributed by atoms with Crippen LogP contribution in [0.3, 0.4) is 0 Å². The molecule has 3 N–H and O–H groups in total. The Labute approximate surface area is 129 Å². The van der Waals surface area contributed by atoms with Gasteiger partial charge in [-0.2, -0.15) is 0 Å². The number of nitrogens with one attached hydrogen (secondary N) is 1. The fourth-order valence-corrected chi connectivity index (χ4v) is 4.17. The summed E-state index contributed by atoms with van der Waals surface area (Å²) in [5, 5.41) is 0.751. The van der Waals surface area contributed by atoms with Crippen LogP contribution in [-0.2, 0) is 0 Å². The normalized spacial score (nSPS) is 25.3. The molecule has 0 amide bonds. The maximum atomic E-state index is 6.01. The summed E-state index contributed by atoms with van der Waals surface area (Å²) in [5.74, 6) is 7.29. The summed E-state index contributed by atoms with van der Waals surface area (Å²) < 4.78 is 1.04. The minimum Gasteiger partial charge on any atom is -0.271 e. The zero-order valence-corrected chi connectivity index (χ0v) is 13.7. The first-order chi connectivity index (χ1) is 9.15. The SMILES string of the molecule is CCC1CCCC(C(NN)c2ccc(Cl)cc2Br)C1. The highest BCUT2D eigenvalue weighted by molar-refractivity contribution is 9.10. The van der Waals surface area contributed by atoms with E-state index in [0.29, 0.717) is 5.92 Å². The van der Waals surface area contributed by atoms with Gasteiger partial charge in [-0.05, 0) is 42.4 Å². The number of rotatable bonds is 4. The molecule has 0 saturated heterocycles. The van der Waals surface area contributed by atoms with Gasteiger partial charge in [-0.1, -0.05) is 59.8 Å². The maximum Gasteiger partial charge on any atom is 0.0499 e. The van der Waals surface area contributed by atoms with Crippen LogP contribution >= 0.6 is 27.5 Å². The smallest absolute Gasteiger partial charge is 0.0499 e. The van der Waals surface area contributed by atoms with E-state index in [1.165, 1.54) is 37.7 Å². The zero-order chi connectivity index (χ0) is 13.8. The Balaban J connectivity index is 2.19. The highest BCUT2D eigenvalue weighted by Gasteiger charge is 2.29. The molecule has 1 fully saturated rings. The van der Waals surface area contributed by atoms with Gasteiger partial charge < -0.3 is 0 Å². The predicted octanol–water partition coefficient (Wildman–Crippen LogP) is 4.82. The first kappa shape index (κ1) is 15.3. The number of halogens is 2. The lowest BCUT2D eigenvalue weighted by molar-refractivity contribution is 0.209. The minimum absolute atomic E-state index is 0.209. The summed E-state index contributed by atoms with van der Waals surface area (Å²) in [7, 11) is 0. The molecule has 1 aromatic rings. The molecule has 1 aliphatic carbocycles. The second kappa shape index (κ2) is 7.07. The van der Waals surface area contributed by atoms with E-state index in [2.05, 4.69) is 34.3 Å². The molecule has 2 rings (SSSR count). The first-order valence-corrected chi connectivity index (χ1v) is 8.23. The summed E-state index contributed by atoms with van der Waals surface area (Å²) >= 11 is 9.62. The molecular weight excluding hydrogens is 324 g/mol. The second-order valence-corrected chi connectivity index (χ2v) is 6.80. The van der Waals surface area contributed by atoms with Gasteiger partial charge >= 0.3 is 0 Å². The molecule has 3 unspecified atom stereocenters. The molecule has 0 radical (unpaired) electrons. The molecule has 19 heavy (non-hydrogen) atoms. The predicted molar refractivity (Wildman–Crippen MR) is 85.0 cm³/mol. The lowest BCUT2D eigenvalue weighted by Crippen LogP contribution is -2.36. The monoisotopic (exact) mass is 344 g/mol. The topological polar surface area (TPSA) is 38.0 Å². The zero-order valence-electron chi connectivity index (χ0n) is 11.3. The van der Waals surface area contributed by atoms with E-state index in [9.17, 15) is 0 Å². The van der Waals surface area contributed by atoms with Gasteiger partial charge in [0.25, 0.3) is 0 Å². The van der Waals surface area contributed by atoms with Gasteiger partial charge in [-0.3, -0.25) is 11.3 Å². The third-order valence-corrected chi connectivity index (χ3v) is 5.27. The Bertz CT molecular complexity index is 425. The van der Waals surface area contributed by atoms with Crippen molar-refractivity contribution in [2.75, 3.05) is 0 Å². The Morgan fingerprint density at radius 1 is 1.47 bits per heavy atom. The third-order valence-electron chi connectivity index (χ3n) is 4.35. The molecule has 0 spiro atoms. The van der Waals surface area contributed by atoms with E-state index in [-0.39, 0.29) is 6.04 Å². The average molecular weight is 346 g/mol. The third kappa shape index (κ3) is 3.72. The van der Waals surface area contributed by atoms with Crippen molar-refractivity contribution in [2.45, 2.75) is 45.1 Å². The molecule has 1 saturated carbocycles. The number of nitrogens with two attached hydrogens (primary N) is 1. The van der Waals surface area contributed by atoms with E-state index in [0.717, 1.165) is 15.4 Å². The van der Waals surface area contributed by atoms with E-state index >= 15 is 0 Å². The van der Waals surface area contributed by atoms with Crippen molar-refractivity contribution in [1.82, 2.24) is 5.43 Å². The summed E-state index contributed by atoms with van der Waals surface area (Å²) in [5.41, 5.74) is 4.24. The van der Waals surface area contributed by atoms with Gasteiger partial charge in [-0.25, -0.2) is 0 Å². The highest BCUT2D eigenvalue weighted by atomic mass is 79.9. The molecule has 0 bridgehead atoms. The standard InChI is InChI=1S/C15H22BrClN2/c1-2-10-4-3-5-11(8-10)15(19-18)13-7-6-12(17)9-14(13)16/h6-7,9-11,15,19H,2-5,8,18H2,1H3. The molecule has 0 heterocycles. The van der Waals surface area contributed by atoms with Crippen molar-refractivity contribution in [2.24, 2.45) is 17.7 Å². The molecule has 3 atom stereocenters. The molecular formula is C15H22BrClN2. The average Bonchev–Trinajstić information content (AvgIpc) is 2.42. The van der Waals surface area contributed by atoms with Crippen molar-refractivity contribution in [3.8, 4) is 0 Å². The number of hydrazine groups is 1. The second-order valence-electron chi connectivity index (χ2n) is 5.51. The van der Waals surface area contributed by atoms with E-state index in [1.807, 2.05) is 12.1 Å². The lowest BCUT2D eigenvalue weighted by Gasteiger charge is -2.34. The molecule has 1 aromatic carbocycles. The Morgan fingerprint density at radius 2 is 2.26 bits per heavy atom. The van der Waals surface area contributed by atoms with E-state index < -0.39 is 0 Å². The van der Waals surface area contributed by atoms with Crippen LogP contribution in [0.4, 0.5) is 0 Å². The van der Waals surface area contributed by atoms with E-state index in [4.69, 9.17) is 17.4 Å². The van der Waals surface area contributed by atoms with Crippen LogP contribution in [-0.4, -0.2) is 0 Å². The molecule has 0 aliphatic heterocycles. The van der Waals surface area contributed by atoms with Gasteiger partial charge in [0.05, 0.1) is 0 Å². The quantitative estimate of drug-likeness (QED) is 0.606. The van der Waals surface area contributed by atoms with Crippen molar-refractivity contribution in [3.63, 3.8) is 0 Å². The Kier molecular flexibility index (Phi) is 5.70. The van der Waals surface area contributed by atoms with Crippen LogP contribution < -0.4 is 11.3 Å². The first-order valence-electron chi connectivity index (χ1n) is 7.06.